The molecule has 0 fully saturated rings. The zero-order valence-corrected chi connectivity index (χ0v) is 10.5. The van der Waals surface area contributed by atoms with Gasteiger partial charge in [-0.3, -0.25) is 4.98 Å². The van der Waals surface area contributed by atoms with Crippen LogP contribution in [-0.2, 0) is 9.84 Å². The van der Waals surface area contributed by atoms with Gasteiger partial charge in [0.05, 0.1) is 24.7 Å². The molecule has 1 heterocycles. The van der Waals surface area contributed by atoms with E-state index in [1.54, 1.807) is 13.3 Å². The number of aryl methyl sites for hydroxylation is 1. The molecular formula is C10H16N2O3S. The van der Waals surface area contributed by atoms with Crippen molar-refractivity contribution in [2.75, 3.05) is 31.0 Å². The quantitative estimate of drug-likeness (QED) is 0.832. The second kappa shape index (κ2) is 5.16. The summed E-state index contributed by atoms with van der Waals surface area (Å²) < 4.78 is 27.0. The number of hydrogen-bond donors (Lipinski definition) is 1. The fraction of sp³-hybridized carbons (Fsp3) is 0.500. The number of anilines is 1. The molecule has 6 heteroatoms. The topological polar surface area (TPSA) is 68.3 Å². The standard InChI is InChI=1S/C10H16N2O3S/c1-8-6-9(10(15-2)7-12-8)11-4-5-16(3,13)14/h6-7H,4-5H2,1-3H3,(H,11,12). The van der Waals surface area contributed by atoms with Gasteiger partial charge >= 0.3 is 0 Å². The molecule has 0 aromatic carbocycles. The molecule has 0 unspecified atom stereocenters. The average molecular weight is 244 g/mol. The highest BCUT2D eigenvalue weighted by Crippen LogP contribution is 2.22. The first-order valence-electron chi connectivity index (χ1n) is 4.84. The average Bonchev–Trinajstić information content (AvgIpc) is 2.16. The minimum atomic E-state index is -2.94. The van der Waals surface area contributed by atoms with Gasteiger partial charge in [-0.15, -0.1) is 0 Å². The minimum Gasteiger partial charge on any atom is -0.493 e. The predicted molar refractivity (Wildman–Crippen MR) is 63.7 cm³/mol. The van der Waals surface area contributed by atoms with E-state index in [2.05, 4.69) is 10.3 Å². The van der Waals surface area contributed by atoms with E-state index in [4.69, 9.17) is 4.74 Å². The van der Waals surface area contributed by atoms with E-state index >= 15 is 0 Å². The van der Waals surface area contributed by atoms with Crippen LogP contribution in [0.1, 0.15) is 5.69 Å². The van der Waals surface area contributed by atoms with Crippen LogP contribution in [0.2, 0.25) is 0 Å². The number of sulfone groups is 1. The van der Waals surface area contributed by atoms with Crippen LogP contribution in [0.3, 0.4) is 0 Å². The third-order valence-electron chi connectivity index (χ3n) is 2.01. The second-order valence-electron chi connectivity index (χ2n) is 3.58. The first-order valence-corrected chi connectivity index (χ1v) is 6.90. The van der Waals surface area contributed by atoms with Gasteiger partial charge in [-0.25, -0.2) is 8.42 Å². The molecule has 0 amide bonds. The molecule has 0 saturated heterocycles. The Kier molecular flexibility index (Phi) is 4.12. The number of aromatic nitrogens is 1. The van der Waals surface area contributed by atoms with Gasteiger partial charge in [-0.05, 0) is 13.0 Å². The van der Waals surface area contributed by atoms with E-state index in [0.717, 1.165) is 11.4 Å². The SMILES string of the molecule is COc1cnc(C)cc1NCCS(C)(=O)=O. The summed E-state index contributed by atoms with van der Waals surface area (Å²) in [5.41, 5.74) is 1.61. The van der Waals surface area contributed by atoms with Crippen LogP contribution in [0.4, 0.5) is 5.69 Å². The summed E-state index contributed by atoms with van der Waals surface area (Å²) in [5.74, 6) is 0.705. The second-order valence-corrected chi connectivity index (χ2v) is 5.84. The number of methoxy groups -OCH3 is 1. The Hall–Kier alpha value is -1.30. The largest absolute Gasteiger partial charge is 0.493 e. The van der Waals surface area contributed by atoms with Gasteiger partial charge in [0.2, 0.25) is 0 Å². The highest BCUT2D eigenvalue weighted by molar-refractivity contribution is 7.90. The molecule has 0 atom stereocenters. The first kappa shape index (κ1) is 12.8. The van der Waals surface area contributed by atoms with E-state index in [9.17, 15) is 8.42 Å². The molecule has 0 aliphatic rings. The third kappa shape index (κ3) is 4.06. The fourth-order valence-corrected chi connectivity index (χ4v) is 1.69. The van der Waals surface area contributed by atoms with E-state index in [1.165, 1.54) is 6.26 Å². The maximum Gasteiger partial charge on any atom is 0.160 e. The van der Waals surface area contributed by atoms with Gasteiger partial charge in [0.1, 0.15) is 9.84 Å². The van der Waals surface area contributed by atoms with E-state index in [1.807, 2.05) is 13.0 Å². The maximum atomic E-state index is 11.0. The number of rotatable bonds is 5. The molecule has 90 valence electrons. The van der Waals surface area contributed by atoms with Crippen molar-refractivity contribution in [3.63, 3.8) is 0 Å². The molecule has 1 aromatic rings. The van der Waals surface area contributed by atoms with Gasteiger partial charge in [0.25, 0.3) is 0 Å². The van der Waals surface area contributed by atoms with Crippen molar-refractivity contribution in [2.45, 2.75) is 6.92 Å². The zero-order chi connectivity index (χ0) is 12.2. The summed E-state index contributed by atoms with van der Waals surface area (Å²) in [5, 5.41) is 3.02. The zero-order valence-electron chi connectivity index (χ0n) is 9.65. The molecule has 0 spiro atoms. The lowest BCUT2D eigenvalue weighted by molar-refractivity contribution is 0.414. The lowest BCUT2D eigenvalue weighted by Crippen LogP contribution is -2.14. The van der Waals surface area contributed by atoms with Crippen LogP contribution >= 0.6 is 0 Å². The Morgan fingerprint density at radius 2 is 2.19 bits per heavy atom. The smallest absolute Gasteiger partial charge is 0.160 e. The van der Waals surface area contributed by atoms with E-state index in [0.29, 0.717) is 12.3 Å². The first-order chi connectivity index (χ1) is 7.42. The summed E-state index contributed by atoms with van der Waals surface area (Å²) in [4.78, 5) is 4.08. The highest BCUT2D eigenvalue weighted by Gasteiger charge is 2.05. The lowest BCUT2D eigenvalue weighted by atomic mass is 10.3. The van der Waals surface area contributed by atoms with Crippen molar-refractivity contribution in [2.24, 2.45) is 0 Å². The Bertz CT molecular complexity index is 457. The molecule has 1 rings (SSSR count). The Morgan fingerprint density at radius 3 is 2.75 bits per heavy atom. The van der Waals surface area contributed by atoms with Gasteiger partial charge in [0.15, 0.2) is 5.75 Å². The summed E-state index contributed by atoms with van der Waals surface area (Å²) in [6, 6.07) is 1.82. The number of hydrogen-bond acceptors (Lipinski definition) is 5. The summed E-state index contributed by atoms with van der Waals surface area (Å²) >= 11 is 0. The molecule has 1 aromatic heterocycles. The van der Waals surface area contributed by atoms with Gasteiger partial charge < -0.3 is 10.1 Å². The van der Waals surface area contributed by atoms with Crippen molar-refractivity contribution in [3.8, 4) is 5.75 Å². The molecule has 0 aliphatic carbocycles. The minimum absolute atomic E-state index is 0.0948. The molecule has 0 saturated carbocycles. The molecule has 0 bridgehead atoms. The summed E-state index contributed by atoms with van der Waals surface area (Å²) in [6.45, 7) is 2.22. The number of nitrogens with one attached hydrogen (secondary N) is 1. The number of ether oxygens (including phenoxy) is 1. The van der Waals surface area contributed by atoms with Crippen molar-refractivity contribution < 1.29 is 13.2 Å². The summed E-state index contributed by atoms with van der Waals surface area (Å²) in [6.07, 6.45) is 2.82. The van der Waals surface area contributed by atoms with Crippen LogP contribution in [0.5, 0.6) is 5.75 Å². The fourth-order valence-electron chi connectivity index (χ4n) is 1.22. The van der Waals surface area contributed by atoms with Crippen molar-refractivity contribution in [3.05, 3.63) is 18.0 Å². The van der Waals surface area contributed by atoms with Crippen LogP contribution < -0.4 is 10.1 Å². The van der Waals surface area contributed by atoms with Crippen molar-refractivity contribution in [1.29, 1.82) is 0 Å². The number of pyridine rings is 1. The molecule has 1 N–H and O–H groups in total. The molecule has 16 heavy (non-hydrogen) atoms. The molecular weight excluding hydrogens is 228 g/mol. The Balaban J connectivity index is 2.69. The van der Waals surface area contributed by atoms with E-state index < -0.39 is 9.84 Å². The predicted octanol–water partition coefficient (Wildman–Crippen LogP) is 0.855. The van der Waals surface area contributed by atoms with Gasteiger partial charge in [0, 0.05) is 18.5 Å². The summed E-state index contributed by atoms with van der Waals surface area (Å²) in [7, 11) is -1.39. The molecule has 5 nitrogen and oxygen atoms in total. The third-order valence-corrected chi connectivity index (χ3v) is 2.96. The Morgan fingerprint density at radius 1 is 1.50 bits per heavy atom. The Labute approximate surface area is 95.8 Å². The molecule has 0 radical (unpaired) electrons. The van der Waals surface area contributed by atoms with Crippen LogP contribution in [-0.4, -0.2) is 39.1 Å². The van der Waals surface area contributed by atoms with Crippen LogP contribution in [0.25, 0.3) is 0 Å². The van der Waals surface area contributed by atoms with Crippen molar-refractivity contribution >= 4 is 15.5 Å². The monoisotopic (exact) mass is 244 g/mol. The lowest BCUT2D eigenvalue weighted by Gasteiger charge is -2.10. The number of nitrogens with zero attached hydrogens (tertiary/aromatic N) is 1. The highest BCUT2D eigenvalue weighted by atomic mass is 32.2. The van der Waals surface area contributed by atoms with Gasteiger partial charge in [-0.1, -0.05) is 0 Å². The van der Waals surface area contributed by atoms with Gasteiger partial charge in [-0.2, -0.15) is 0 Å². The van der Waals surface area contributed by atoms with Crippen LogP contribution in [0.15, 0.2) is 12.3 Å². The molecule has 0 aliphatic heterocycles. The van der Waals surface area contributed by atoms with Crippen LogP contribution in [0, 0.1) is 6.92 Å². The van der Waals surface area contributed by atoms with E-state index in [-0.39, 0.29) is 5.75 Å². The maximum absolute atomic E-state index is 11.0. The van der Waals surface area contributed by atoms with Crippen molar-refractivity contribution in [1.82, 2.24) is 4.98 Å². The normalized spacial score (nSPS) is 11.2.